The first kappa shape index (κ1) is 23.5. The number of nitrogens with zero attached hydrogens (tertiary/aromatic N) is 1. The zero-order chi connectivity index (χ0) is 25.4. The molecule has 2 aromatic heterocycles. The number of amides is 2. The molecule has 2 aromatic carbocycles. The Morgan fingerprint density at radius 3 is 2.58 bits per heavy atom. The van der Waals surface area contributed by atoms with E-state index in [1.807, 2.05) is 26.0 Å². The van der Waals surface area contributed by atoms with E-state index < -0.39 is 5.91 Å². The molecule has 4 aromatic rings. The van der Waals surface area contributed by atoms with Crippen molar-refractivity contribution in [3.63, 3.8) is 0 Å². The van der Waals surface area contributed by atoms with Crippen molar-refractivity contribution in [3.05, 3.63) is 87.8 Å². The van der Waals surface area contributed by atoms with Crippen molar-refractivity contribution in [2.24, 2.45) is 5.10 Å². The largest absolute Gasteiger partial charge is 0.464 e. The lowest BCUT2D eigenvalue weighted by atomic mass is 9.93. The summed E-state index contributed by atoms with van der Waals surface area (Å²) >= 11 is 0. The average molecular weight is 488 g/mol. The normalized spacial score (nSPS) is 14.2. The summed E-state index contributed by atoms with van der Waals surface area (Å²) in [5.74, 6) is -0.213. The van der Waals surface area contributed by atoms with Gasteiger partial charge in [-0.25, -0.2) is 9.82 Å². The van der Waals surface area contributed by atoms with Gasteiger partial charge in [-0.3, -0.25) is 9.59 Å². The summed E-state index contributed by atoms with van der Waals surface area (Å²) in [6, 6.07) is 9.51. The van der Waals surface area contributed by atoms with Crippen LogP contribution in [0.15, 0.2) is 56.6 Å². The number of aryl methyl sites for hydroxylation is 3. The van der Waals surface area contributed by atoms with Gasteiger partial charge in [-0.2, -0.15) is 5.10 Å². The molecule has 0 saturated carbocycles. The lowest BCUT2D eigenvalue weighted by molar-refractivity contribution is -0.120. The summed E-state index contributed by atoms with van der Waals surface area (Å²) in [5, 5.41) is 8.05. The molecule has 0 saturated heterocycles. The fourth-order valence-electron chi connectivity index (χ4n) is 4.59. The van der Waals surface area contributed by atoms with Gasteiger partial charge in [0, 0.05) is 34.2 Å². The van der Waals surface area contributed by atoms with E-state index in [0.29, 0.717) is 35.6 Å². The summed E-state index contributed by atoms with van der Waals surface area (Å²) in [7, 11) is 0. The maximum Gasteiger partial charge on any atom is 0.291 e. The molecule has 0 unspecified atom stereocenters. The summed E-state index contributed by atoms with van der Waals surface area (Å²) in [4.78, 5) is 25.5. The van der Waals surface area contributed by atoms with Crippen LogP contribution < -0.4 is 10.7 Å². The third-order valence-corrected chi connectivity index (χ3v) is 6.64. The lowest BCUT2D eigenvalue weighted by Crippen LogP contribution is -2.23. The van der Waals surface area contributed by atoms with E-state index in [0.717, 1.165) is 39.6 Å². The first-order chi connectivity index (χ1) is 17.3. The molecule has 2 N–H and O–H groups in total. The van der Waals surface area contributed by atoms with Crippen molar-refractivity contribution in [1.29, 1.82) is 0 Å². The highest BCUT2D eigenvalue weighted by Gasteiger charge is 2.28. The van der Waals surface area contributed by atoms with Crippen molar-refractivity contribution in [2.45, 2.75) is 46.5 Å². The third kappa shape index (κ3) is 4.42. The van der Waals surface area contributed by atoms with Crippen molar-refractivity contribution in [1.82, 2.24) is 5.43 Å². The number of furan rings is 2. The number of hydrogen-bond acceptors (Lipinski definition) is 5. The van der Waals surface area contributed by atoms with Crippen LogP contribution >= 0.6 is 0 Å². The fourth-order valence-corrected chi connectivity index (χ4v) is 4.59. The van der Waals surface area contributed by atoms with E-state index in [4.69, 9.17) is 8.83 Å². The first-order valence-corrected chi connectivity index (χ1v) is 11.8. The van der Waals surface area contributed by atoms with E-state index in [1.165, 1.54) is 24.3 Å². The van der Waals surface area contributed by atoms with E-state index >= 15 is 0 Å². The molecule has 0 atom stereocenters. The van der Waals surface area contributed by atoms with Gasteiger partial charge in [-0.15, -0.1) is 0 Å². The van der Waals surface area contributed by atoms with Gasteiger partial charge in [-0.05, 0) is 69.0 Å². The van der Waals surface area contributed by atoms with Gasteiger partial charge in [0.15, 0.2) is 5.76 Å². The van der Waals surface area contributed by atoms with Crippen LogP contribution in [-0.4, -0.2) is 17.5 Å². The van der Waals surface area contributed by atoms with Gasteiger partial charge >= 0.3 is 0 Å². The second kappa shape index (κ2) is 9.45. The Hall–Kier alpha value is -4.20. The number of benzene rings is 2. The Bertz CT molecular complexity index is 1510. The predicted octanol–water partition coefficient (Wildman–Crippen LogP) is 5.74. The molecule has 0 aliphatic heterocycles. The van der Waals surface area contributed by atoms with E-state index in [-0.39, 0.29) is 23.9 Å². The number of hydrazone groups is 1. The molecule has 2 amide bonds. The molecule has 0 bridgehead atoms. The topological polar surface area (TPSA) is 96.8 Å². The monoisotopic (exact) mass is 487 g/mol. The summed E-state index contributed by atoms with van der Waals surface area (Å²) in [5.41, 5.74) is 9.00. The lowest BCUT2D eigenvalue weighted by Gasteiger charge is -2.13. The highest BCUT2D eigenvalue weighted by Crippen LogP contribution is 2.31. The molecule has 5 rings (SSSR count). The van der Waals surface area contributed by atoms with Gasteiger partial charge in [0.05, 0.1) is 18.4 Å². The smallest absolute Gasteiger partial charge is 0.291 e. The van der Waals surface area contributed by atoms with Gasteiger partial charge < -0.3 is 14.2 Å². The van der Waals surface area contributed by atoms with E-state index in [2.05, 4.69) is 15.8 Å². The third-order valence-electron chi connectivity index (χ3n) is 6.64. The molecule has 184 valence electrons. The highest BCUT2D eigenvalue weighted by atomic mass is 19.1. The van der Waals surface area contributed by atoms with Gasteiger partial charge in [0.2, 0.25) is 5.91 Å². The fraction of sp³-hybridized carbons (Fsp3) is 0.250. The standard InChI is InChI=1S/C28H26FN3O4/c1-15-7-12-21-18(14-35-26(21)16(15)2)13-24(33)32-31-22-5-4-6-23-25(22)17(3)27(36-23)28(34)30-20-10-8-19(29)9-11-20/h7-12,14H,4-6,13H2,1-3H3,(H,30,34)(H,32,33)/b31-22+. The molecule has 0 spiro atoms. The van der Waals surface area contributed by atoms with Crippen LogP contribution in [0.1, 0.15) is 57.0 Å². The number of hydrogen-bond donors (Lipinski definition) is 2. The highest BCUT2D eigenvalue weighted by molar-refractivity contribution is 6.09. The number of carbonyl (C=O) groups is 2. The molecule has 7 nitrogen and oxygen atoms in total. The Kier molecular flexibility index (Phi) is 6.18. The predicted molar refractivity (Wildman–Crippen MR) is 135 cm³/mol. The van der Waals surface area contributed by atoms with Crippen molar-refractivity contribution >= 4 is 34.2 Å². The van der Waals surface area contributed by atoms with Crippen LogP contribution in [0.5, 0.6) is 0 Å². The van der Waals surface area contributed by atoms with Crippen LogP contribution in [0.4, 0.5) is 10.1 Å². The second-order valence-corrected chi connectivity index (χ2v) is 9.08. The molecule has 0 fully saturated rings. The zero-order valence-corrected chi connectivity index (χ0v) is 20.3. The van der Waals surface area contributed by atoms with Crippen LogP contribution in [-0.2, 0) is 17.6 Å². The Morgan fingerprint density at radius 2 is 1.81 bits per heavy atom. The number of nitrogens with one attached hydrogen (secondary N) is 2. The van der Waals surface area contributed by atoms with E-state index in [9.17, 15) is 14.0 Å². The Morgan fingerprint density at radius 1 is 1.03 bits per heavy atom. The van der Waals surface area contributed by atoms with Crippen molar-refractivity contribution < 1.29 is 22.8 Å². The van der Waals surface area contributed by atoms with Crippen LogP contribution in [0.3, 0.4) is 0 Å². The van der Waals surface area contributed by atoms with Gasteiger partial charge in [-0.1, -0.05) is 12.1 Å². The SMILES string of the molecule is Cc1ccc2c(CC(=O)N/N=C3\CCCc4oc(C(=O)Nc5ccc(F)cc5)c(C)c43)coc2c1C. The number of rotatable bonds is 5. The van der Waals surface area contributed by atoms with E-state index in [1.54, 1.807) is 13.2 Å². The van der Waals surface area contributed by atoms with Gasteiger partial charge in [0.25, 0.3) is 5.91 Å². The van der Waals surface area contributed by atoms with Gasteiger partial charge in [0.1, 0.15) is 17.2 Å². The van der Waals surface area contributed by atoms with Crippen LogP contribution in [0.2, 0.25) is 0 Å². The molecular formula is C28H26FN3O4. The van der Waals surface area contributed by atoms with Crippen LogP contribution in [0, 0.1) is 26.6 Å². The Labute approximate surface area is 207 Å². The molecule has 1 aliphatic carbocycles. The number of halogens is 1. The summed E-state index contributed by atoms with van der Waals surface area (Å²) in [6.45, 7) is 5.82. The number of anilines is 1. The molecule has 1 aliphatic rings. The minimum Gasteiger partial charge on any atom is -0.464 e. The quantitative estimate of drug-likeness (QED) is 0.351. The zero-order valence-electron chi connectivity index (χ0n) is 20.3. The molecule has 2 heterocycles. The minimum atomic E-state index is -0.422. The molecule has 36 heavy (non-hydrogen) atoms. The number of fused-ring (bicyclic) bond motifs is 2. The Balaban J connectivity index is 1.33. The first-order valence-electron chi connectivity index (χ1n) is 11.8. The molecular weight excluding hydrogens is 461 g/mol. The summed E-state index contributed by atoms with van der Waals surface area (Å²) < 4.78 is 24.8. The van der Waals surface area contributed by atoms with Crippen LogP contribution in [0.25, 0.3) is 11.0 Å². The second-order valence-electron chi connectivity index (χ2n) is 9.08. The maximum absolute atomic E-state index is 13.2. The number of carbonyl (C=O) groups excluding carboxylic acids is 2. The van der Waals surface area contributed by atoms with Crippen molar-refractivity contribution in [3.8, 4) is 0 Å². The summed E-state index contributed by atoms with van der Waals surface area (Å²) in [6.07, 6.45) is 3.87. The molecule has 0 radical (unpaired) electrons. The van der Waals surface area contributed by atoms with Crippen molar-refractivity contribution in [2.75, 3.05) is 5.32 Å². The maximum atomic E-state index is 13.2. The average Bonchev–Trinajstić information content (AvgIpc) is 3.43. The molecule has 8 heteroatoms. The minimum absolute atomic E-state index is 0.134.